The van der Waals surface area contributed by atoms with Crippen molar-refractivity contribution in [3.8, 4) is 11.1 Å². The van der Waals surface area contributed by atoms with Gasteiger partial charge in [0.05, 0.1) is 22.6 Å². The van der Waals surface area contributed by atoms with E-state index >= 15 is 0 Å². The lowest BCUT2D eigenvalue weighted by molar-refractivity contribution is -0.141. The van der Waals surface area contributed by atoms with Gasteiger partial charge < -0.3 is 9.88 Å². The summed E-state index contributed by atoms with van der Waals surface area (Å²) in [5, 5.41) is 6.94. The first-order valence-electron chi connectivity index (χ1n) is 12.4. The molecular weight excluding hydrogens is 559 g/mol. The molecule has 7 nitrogen and oxygen atoms in total. The Hall–Kier alpha value is -4.23. The summed E-state index contributed by atoms with van der Waals surface area (Å²) in [4.78, 5) is 30.5. The number of hydrogen-bond donors (Lipinski definition) is 1. The van der Waals surface area contributed by atoms with Crippen LogP contribution in [0.3, 0.4) is 0 Å². The number of nitrogens with zero attached hydrogens (tertiary/aromatic N) is 4. The number of fused-ring (bicyclic) bond motifs is 1. The molecule has 0 spiro atoms. The summed E-state index contributed by atoms with van der Waals surface area (Å²) in [7, 11) is 1.27. The molecule has 3 heterocycles. The second-order valence-electron chi connectivity index (χ2n) is 10.2. The average molecular weight is 581 g/mol. The van der Waals surface area contributed by atoms with Crippen LogP contribution >= 0.6 is 0 Å². The predicted octanol–water partition coefficient (Wildman–Crippen LogP) is 6.02. The molecule has 0 radical (unpaired) electrons. The zero-order valence-corrected chi connectivity index (χ0v) is 21.8. The van der Waals surface area contributed by atoms with Crippen molar-refractivity contribution in [2.75, 3.05) is 5.32 Å². The zero-order chi connectivity index (χ0) is 30.1. The van der Waals surface area contributed by atoms with Crippen molar-refractivity contribution in [3.63, 3.8) is 0 Å². The maximum atomic E-state index is 14.9. The van der Waals surface area contributed by atoms with Gasteiger partial charge in [-0.25, -0.2) is 9.07 Å². The molecule has 0 aliphatic heterocycles. The van der Waals surface area contributed by atoms with Gasteiger partial charge in [-0.2, -0.15) is 31.4 Å². The SMILES string of the molecule is C[C@@H](Nc1nn(C)c(=O)c2c(-c3ccc(C(F)(F)F)nc3)c(=O)n(C3(C)CC3)cc12)c1cccc(C(F)(F)F)c1F. The molecule has 1 aliphatic rings. The number of aryl methyl sites for hydroxylation is 1. The lowest BCUT2D eigenvalue weighted by Crippen LogP contribution is -2.32. The molecule has 216 valence electrons. The number of rotatable bonds is 5. The lowest BCUT2D eigenvalue weighted by atomic mass is 10.0. The highest BCUT2D eigenvalue weighted by Crippen LogP contribution is 2.43. The predicted molar refractivity (Wildman–Crippen MR) is 136 cm³/mol. The van der Waals surface area contributed by atoms with E-state index < -0.39 is 52.1 Å². The van der Waals surface area contributed by atoms with Crippen LogP contribution < -0.4 is 16.4 Å². The smallest absolute Gasteiger partial charge is 0.361 e. The molecule has 5 rings (SSSR count). The number of hydrogen-bond acceptors (Lipinski definition) is 5. The van der Waals surface area contributed by atoms with Crippen molar-refractivity contribution in [2.45, 2.75) is 50.6 Å². The number of halogens is 7. The largest absolute Gasteiger partial charge is 0.433 e. The van der Waals surface area contributed by atoms with Crippen molar-refractivity contribution in [1.29, 1.82) is 0 Å². The van der Waals surface area contributed by atoms with Gasteiger partial charge in [0.25, 0.3) is 11.1 Å². The van der Waals surface area contributed by atoms with E-state index in [1.54, 1.807) is 6.92 Å². The molecule has 0 bridgehead atoms. The Balaban J connectivity index is 1.74. The number of pyridine rings is 2. The van der Waals surface area contributed by atoms with Crippen LogP contribution in [-0.4, -0.2) is 19.3 Å². The van der Waals surface area contributed by atoms with Gasteiger partial charge in [-0.05, 0) is 38.8 Å². The number of nitrogens with one attached hydrogen (secondary N) is 1. The van der Waals surface area contributed by atoms with E-state index in [9.17, 15) is 40.3 Å². The first-order valence-corrected chi connectivity index (χ1v) is 12.4. The molecule has 1 atom stereocenters. The Kier molecular flexibility index (Phi) is 6.50. The van der Waals surface area contributed by atoms with E-state index in [-0.39, 0.29) is 33.3 Å². The standard InChI is InChI=1S/C27H22F7N5O2/c1-13(15-5-4-6-17(21(15)28)26(29,30)31)36-22-16-12-39(25(2)9-10-25)24(41)19(20(16)23(40)38(3)37-22)14-7-8-18(35-11-14)27(32,33)34/h4-8,11-13H,9-10H2,1-3H3,(H,36,37)/t13-/m1/s1. The van der Waals surface area contributed by atoms with Gasteiger partial charge in [0, 0.05) is 41.5 Å². The van der Waals surface area contributed by atoms with Gasteiger partial charge >= 0.3 is 12.4 Å². The Labute approximate surface area is 227 Å². The quantitative estimate of drug-likeness (QED) is 0.292. The fourth-order valence-corrected chi connectivity index (χ4v) is 4.72. The van der Waals surface area contributed by atoms with Crippen LogP contribution in [-0.2, 0) is 24.9 Å². The molecule has 41 heavy (non-hydrogen) atoms. The molecule has 1 fully saturated rings. The van der Waals surface area contributed by atoms with E-state index in [2.05, 4.69) is 15.4 Å². The molecular formula is C27H22F7N5O2. The molecule has 0 saturated heterocycles. The average Bonchev–Trinajstić information content (AvgIpc) is 3.63. The first-order chi connectivity index (χ1) is 19.0. The van der Waals surface area contributed by atoms with Crippen LogP contribution in [0.5, 0.6) is 0 Å². The Bertz CT molecular complexity index is 1790. The Morgan fingerprint density at radius 1 is 1.00 bits per heavy atom. The highest BCUT2D eigenvalue weighted by Gasteiger charge is 2.41. The van der Waals surface area contributed by atoms with Crippen LogP contribution in [0, 0.1) is 5.82 Å². The molecule has 0 amide bonds. The molecule has 4 aromatic rings. The van der Waals surface area contributed by atoms with Crippen molar-refractivity contribution < 1.29 is 30.7 Å². The summed E-state index contributed by atoms with van der Waals surface area (Å²) in [6.45, 7) is 3.19. The minimum absolute atomic E-state index is 0.0437. The summed E-state index contributed by atoms with van der Waals surface area (Å²) in [5.74, 6) is -1.53. The van der Waals surface area contributed by atoms with Crippen LogP contribution in [0.2, 0.25) is 0 Å². The van der Waals surface area contributed by atoms with E-state index in [0.29, 0.717) is 25.0 Å². The third-order valence-electron chi connectivity index (χ3n) is 7.27. The van der Waals surface area contributed by atoms with Gasteiger partial charge in [-0.15, -0.1) is 0 Å². The van der Waals surface area contributed by atoms with Gasteiger partial charge in [0.1, 0.15) is 11.5 Å². The molecule has 1 aromatic carbocycles. The van der Waals surface area contributed by atoms with E-state index in [4.69, 9.17) is 0 Å². The van der Waals surface area contributed by atoms with Crippen LogP contribution in [0.25, 0.3) is 21.9 Å². The van der Waals surface area contributed by atoms with Gasteiger partial charge in [-0.1, -0.05) is 18.2 Å². The topological polar surface area (TPSA) is 81.8 Å². The highest BCUT2D eigenvalue weighted by atomic mass is 19.4. The Morgan fingerprint density at radius 2 is 1.68 bits per heavy atom. The first kappa shape index (κ1) is 28.3. The monoisotopic (exact) mass is 581 g/mol. The Morgan fingerprint density at radius 3 is 2.24 bits per heavy atom. The molecule has 1 aliphatic carbocycles. The molecule has 14 heteroatoms. The van der Waals surface area contributed by atoms with Crippen LogP contribution in [0.15, 0.2) is 52.3 Å². The van der Waals surface area contributed by atoms with Gasteiger partial charge in [0.2, 0.25) is 0 Å². The fraction of sp³-hybridized carbons (Fsp3) is 0.333. The molecule has 1 saturated carbocycles. The fourth-order valence-electron chi connectivity index (χ4n) is 4.72. The molecule has 3 aromatic heterocycles. The van der Waals surface area contributed by atoms with Crippen molar-refractivity contribution >= 4 is 16.6 Å². The molecule has 0 unspecified atom stereocenters. The summed E-state index contributed by atoms with van der Waals surface area (Å²) >= 11 is 0. The number of alkyl halides is 6. The number of benzene rings is 1. The van der Waals surface area contributed by atoms with Crippen LogP contribution in [0.4, 0.5) is 36.6 Å². The van der Waals surface area contributed by atoms with Gasteiger partial charge in [0.15, 0.2) is 5.82 Å². The summed E-state index contributed by atoms with van der Waals surface area (Å²) in [6, 6.07) is 3.50. The van der Waals surface area contributed by atoms with Crippen molar-refractivity contribution in [2.24, 2.45) is 7.05 Å². The normalized spacial score (nSPS) is 15.7. The minimum atomic E-state index is -4.93. The van der Waals surface area contributed by atoms with E-state index in [1.807, 2.05) is 0 Å². The highest BCUT2D eigenvalue weighted by molar-refractivity contribution is 6.00. The van der Waals surface area contributed by atoms with Crippen LogP contribution in [0.1, 0.15) is 49.6 Å². The number of aromatic nitrogens is 4. The summed E-state index contributed by atoms with van der Waals surface area (Å²) < 4.78 is 96.5. The summed E-state index contributed by atoms with van der Waals surface area (Å²) in [6.07, 6.45) is -6.21. The zero-order valence-electron chi connectivity index (χ0n) is 21.8. The van der Waals surface area contributed by atoms with Crippen molar-refractivity contribution in [1.82, 2.24) is 19.3 Å². The summed E-state index contributed by atoms with van der Waals surface area (Å²) in [5.41, 5.74) is -5.23. The van der Waals surface area contributed by atoms with Gasteiger partial charge in [-0.3, -0.25) is 14.6 Å². The third kappa shape index (κ3) is 4.95. The third-order valence-corrected chi connectivity index (χ3v) is 7.27. The number of anilines is 1. The second kappa shape index (κ2) is 9.42. The molecule has 1 N–H and O–H groups in total. The second-order valence-corrected chi connectivity index (χ2v) is 10.2. The maximum Gasteiger partial charge on any atom is 0.433 e. The van der Waals surface area contributed by atoms with E-state index in [0.717, 1.165) is 23.0 Å². The van der Waals surface area contributed by atoms with Crippen molar-refractivity contribution in [3.05, 3.63) is 86.1 Å². The van der Waals surface area contributed by atoms with E-state index in [1.165, 1.54) is 30.8 Å². The lowest BCUT2D eigenvalue weighted by Gasteiger charge is -2.22. The maximum absolute atomic E-state index is 14.9. The minimum Gasteiger partial charge on any atom is -0.361 e.